The lowest BCUT2D eigenvalue weighted by atomic mass is 10.1. The Balaban J connectivity index is 1.31. The SMILES string of the molecule is Cc1cccc(-c2nnn3c2COC(CNC(=O)CCc2cncnc2)C3)c1. The molecule has 0 saturated carbocycles. The van der Waals surface area contributed by atoms with E-state index in [1.807, 2.05) is 16.8 Å². The molecule has 0 bridgehead atoms. The number of nitrogens with zero attached hydrogens (tertiary/aromatic N) is 5. The van der Waals surface area contributed by atoms with Crippen molar-refractivity contribution in [2.24, 2.45) is 0 Å². The Morgan fingerprint density at radius 3 is 3.00 bits per heavy atom. The van der Waals surface area contributed by atoms with Gasteiger partial charge in [0.1, 0.15) is 12.0 Å². The highest BCUT2D eigenvalue weighted by Crippen LogP contribution is 2.25. The summed E-state index contributed by atoms with van der Waals surface area (Å²) in [7, 11) is 0. The van der Waals surface area contributed by atoms with Gasteiger partial charge in [-0.1, -0.05) is 29.0 Å². The van der Waals surface area contributed by atoms with Gasteiger partial charge in [0.25, 0.3) is 0 Å². The summed E-state index contributed by atoms with van der Waals surface area (Å²) in [5.41, 5.74) is 5.00. The Labute approximate surface area is 163 Å². The van der Waals surface area contributed by atoms with Crippen molar-refractivity contribution >= 4 is 5.91 Å². The van der Waals surface area contributed by atoms with Gasteiger partial charge in [-0.15, -0.1) is 5.10 Å². The van der Waals surface area contributed by atoms with Crippen LogP contribution < -0.4 is 5.32 Å². The maximum absolute atomic E-state index is 12.1. The van der Waals surface area contributed by atoms with Crippen LogP contribution in [0.2, 0.25) is 0 Å². The fourth-order valence-electron chi connectivity index (χ4n) is 3.24. The van der Waals surface area contributed by atoms with Crippen LogP contribution in [0.4, 0.5) is 0 Å². The van der Waals surface area contributed by atoms with E-state index in [2.05, 4.69) is 44.7 Å². The minimum absolute atomic E-state index is 0.0164. The van der Waals surface area contributed by atoms with Crippen molar-refractivity contribution in [1.82, 2.24) is 30.3 Å². The predicted molar refractivity (Wildman–Crippen MR) is 102 cm³/mol. The molecule has 3 aromatic rings. The van der Waals surface area contributed by atoms with E-state index in [-0.39, 0.29) is 12.0 Å². The molecular formula is C20H22N6O2. The fourth-order valence-corrected chi connectivity index (χ4v) is 3.24. The molecule has 8 heteroatoms. The summed E-state index contributed by atoms with van der Waals surface area (Å²) in [6.45, 7) is 3.50. The average Bonchev–Trinajstić information content (AvgIpc) is 3.15. The highest BCUT2D eigenvalue weighted by atomic mass is 16.5. The zero-order valence-corrected chi connectivity index (χ0v) is 15.7. The average molecular weight is 378 g/mol. The molecule has 0 aliphatic carbocycles. The van der Waals surface area contributed by atoms with Gasteiger partial charge in [0.15, 0.2) is 0 Å². The second-order valence-corrected chi connectivity index (χ2v) is 6.92. The lowest BCUT2D eigenvalue weighted by Gasteiger charge is -2.24. The summed E-state index contributed by atoms with van der Waals surface area (Å²) in [6, 6.07) is 8.19. The number of aromatic nitrogens is 5. The van der Waals surface area contributed by atoms with Crippen LogP contribution >= 0.6 is 0 Å². The van der Waals surface area contributed by atoms with Crippen LogP contribution in [-0.4, -0.2) is 43.5 Å². The Morgan fingerprint density at radius 2 is 2.18 bits per heavy atom. The summed E-state index contributed by atoms with van der Waals surface area (Å²) in [6.07, 6.45) is 5.82. The van der Waals surface area contributed by atoms with Gasteiger partial charge >= 0.3 is 0 Å². The molecule has 0 radical (unpaired) electrons. The number of fused-ring (bicyclic) bond motifs is 1. The molecule has 1 aromatic carbocycles. The minimum Gasteiger partial charge on any atom is -0.368 e. The molecule has 3 heterocycles. The van der Waals surface area contributed by atoms with Crippen molar-refractivity contribution in [3.63, 3.8) is 0 Å². The van der Waals surface area contributed by atoms with Crippen molar-refractivity contribution < 1.29 is 9.53 Å². The number of rotatable bonds is 6. The van der Waals surface area contributed by atoms with Crippen LogP contribution in [-0.2, 0) is 29.1 Å². The first-order valence-corrected chi connectivity index (χ1v) is 9.30. The van der Waals surface area contributed by atoms with Gasteiger partial charge in [0.05, 0.1) is 24.9 Å². The molecule has 0 spiro atoms. The number of hydrogen-bond donors (Lipinski definition) is 1. The number of nitrogens with one attached hydrogen (secondary N) is 1. The molecule has 4 rings (SSSR count). The number of carbonyl (C=O) groups excluding carboxylic acids is 1. The van der Waals surface area contributed by atoms with Gasteiger partial charge in [-0.25, -0.2) is 14.6 Å². The third-order valence-electron chi connectivity index (χ3n) is 4.74. The summed E-state index contributed by atoms with van der Waals surface area (Å²) >= 11 is 0. The molecule has 0 saturated heterocycles. The molecule has 1 atom stereocenters. The number of benzene rings is 1. The summed E-state index contributed by atoms with van der Waals surface area (Å²) in [4.78, 5) is 20.0. The molecule has 28 heavy (non-hydrogen) atoms. The summed E-state index contributed by atoms with van der Waals surface area (Å²) in [5, 5.41) is 11.5. The molecule has 8 nitrogen and oxygen atoms in total. The van der Waals surface area contributed by atoms with Gasteiger partial charge in [0, 0.05) is 30.9 Å². The van der Waals surface area contributed by atoms with Crippen LogP contribution in [0.1, 0.15) is 23.2 Å². The largest absolute Gasteiger partial charge is 0.368 e. The van der Waals surface area contributed by atoms with E-state index < -0.39 is 0 Å². The number of aryl methyl sites for hydroxylation is 2. The van der Waals surface area contributed by atoms with E-state index in [1.165, 1.54) is 11.9 Å². The van der Waals surface area contributed by atoms with Crippen LogP contribution in [0, 0.1) is 6.92 Å². The quantitative estimate of drug-likeness (QED) is 0.701. The van der Waals surface area contributed by atoms with Crippen molar-refractivity contribution in [3.05, 3.63) is 59.8 Å². The fraction of sp³-hybridized carbons (Fsp3) is 0.350. The van der Waals surface area contributed by atoms with Crippen LogP contribution in [0.5, 0.6) is 0 Å². The zero-order chi connectivity index (χ0) is 19.3. The van der Waals surface area contributed by atoms with Crippen LogP contribution in [0.3, 0.4) is 0 Å². The number of ether oxygens (including phenoxy) is 1. The van der Waals surface area contributed by atoms with Gasteiger partial charge in [-0.05, 0) is 25.0 Å². The van der Waals surface area contributed by atoms with E-state index in [0.717, 1.165) is 22.5 Å². The first kappa shape index (κ1) is 18.2. The van der Waals surface area contributed by atoms with E-state index in [0.29, 0.717) is 32.5 Å². The molecular weight excluding hydrogens is 356 g/mol. The summed E-state index contributed by atoms with van der Waals surface area (Å²) in [5.74, 6) is -0.0164. The molecule has 144 valence electrons. The highest BCUT2D eigenvalue weighted by Gasteiger charge is 2.24. The third-order valence-corrected chi connectivity index (χ3v) is 4.74. The molecule has 2 aromatic heterocycles. The molecule has 1 aliphatic rings. The Hall–Kier alpha value is -3.13. The van der Waals surface area contributed by atoms with Crippen molar-refractivity contribution in [2.45, 2.75) is 39.0 Å². The van der Waals surface area contributed by atoms with Crippen molar-refractivity contribution in [3.8, 4) is 11.3 Å². The first-order chi connectivity index (χ1) is 13.7. The lowest BCUT2D eigenvalue weighted by molar-refractivity contribution is -0.122. The number of hydrogen-bond acceptors (Lipinski definition) is 6. The lowest BCUT2D eigenvalue weighted by Crippen LogP contribution is -2.39. The van der Waals surface area contributed by atoms with Crippen molar-refractivity contribution in [2.75, 3.05) is 6.54 Å². The smallest absolute Gasteiger partial charge is 0.220 e. The Morgan fingerprint density at radius 1 is 1.32 bits per heavy atom. The van der Waals surface area contributed by atoms with Gasteiger partial charge in [-0.2, -0.15) is 0 Å². The monoisotopic (exact) mass is 378 g/mol. The van der Waals surface area contributed by atoms with Gasteiger partial charge in [0.2, 0.25) is 5.91 Å². The van der Waals surface area contributed by atoms with E-state index in [1.54, 1.807) is 12.4 Å². The molecule has 0 fully saturated rings. The maximum Gasteiger partial charge on any atom is 0.220 e. The van der Waals surface area contributed by atoms with Crippen molar-refractivity contribution in [1.29, 1.82) is 0 Å². The third kappa shape index (κ3) is 4.23. The topological polar surface area (TPSA) is 94.8 Å². The molecule has 1 unspecified atom stereocenters. The number of amides is 1. The first-order valence-electron chi connectivity index (χ1n) is 9.30. The standard InChI is InChI=1S/C20H22N6O2/c1-14-3-2-4-16(7-14)20-18-12-28-17(11-26(18)25-24-20)10-23-19(27)6-5-15-8-21-13-22-9-15/h2-4,7-9,13,17H,5-6,10-12H2,1H3,(H,23,27). The van der Waals surface area contributed by atoms with Gasteiger partial charge < -0.3 is 10.1 Å². The van der Waals surface area contributed by atoms with Gasteiger partial charge in [-0.3, -0.25) is 4.79 Å². The highest BCUT2D eigenvalue weighted by molar-refractivity contribution is 5.76. The molecule has 1 amide bonds. The Kier molecular flexibility index (Phi) is 5.38. The second kappa shape index (κ2) is 8.26. The zero-order valence-electron chi connectivity index (χ0n) is 15.7. The van der Waals surface area contributed by atoms with E-state index >= 15 is 0 Å². The maximum atomic E-state index is 12.1. The molecule has 1 aliphatic heterocycles. The van der Waals surface area contributed by atoms with Crippen LogP contribution in [0.25, 0.3) is 11.3 Å². The summed E-state index contributed by atoms with van der Waals surface area (Å²) < 4.78 is 7.81. The molecule has 1 N–H and O–H groups in total. The second-order valence-electron chi connectivity index (χ2n) is 6.92. The normalized spacial score (nSPS) is 15.8. The predicted octanol–water partition coefficient (Wildman–Crippen LogP) is 1.69. The number of carbonyl (C=O) groups is 1. The van der Waals surface area contributed by atoms with Crippen LogP contribution in [0.15, 0.2) is 43.0 Å². The van der Waals surface area contributed by atoms with E-state index in [9.17, 15) is 4.79 Å². The van der Waals surface area contributed by atoms with E-state index in [4.69, 9.17) is 4.74 Å². The minimum atomic E-state index is -0.122. The Bertz CT molecular complexity index is 956.